The molecule has 1 fully saturated rings. The first-order chi connectivity index (χ1) is 8.09. The van der Waals surface area contributed by atoms with Gasteiger partial charge in [-0.1, -0.05) is 13.3 Å². The highest BCUT2D eigenvalue weighted by molar-refractivity contribution is 4.95. The van der Waals surface area contributed by atoms with E-state index in [0.717, 1.165) is 25.6 Å². The summed E-state index contributed by atoms with van der Waals surface area (Å²) in [5, 5.41) is 0. The summed E-state index contributed by atoms with van der Waals surface area (Å²) in [5.74, 6) is 0.884. The average Bonchev–Trinajstić information content (AvgIpc) is 3.13. The molecule has 0 radical (unpaired) electrons. The van der Waals surface area contributed by atoms with Gasteiger partial charge in [-0.05, 0) is 39.0 Å². The first-order valence-corrected chi connectivity index (χ1v) is 7.04. The molecule has 17 heavy (non-hydrogen) atoms. The predicted octanol–water partition coefficient (Wildman–Crippen LogP) is 2.25. The van der Waals surface area contributed by atoms with Gasteiger partial charge in [0.05, 0.1) is 6.61 Å². The normalized spacial score (nSPS) is 21.5. The minimum atomic E-state index is 0.134. The second-order valence-electron chi connectivity index (χ2n) is 5.72. The zero-order valence-electron chi connectivity index (χ0n) is 12.0. The summed E-state index contributed by atoms with van der Waals surface area (Å²) >= 11 is 0. The van der Waals surface area contributed by atoms with Crippen LogP contribution in [0.3, 0.4) is 0 Å². The largest absolute Gasteiger partial charge is 0.383 e. The van der Waals surface area contributed by atoms with Crippen LogP contribution in [0, 0.1) is 5.92 Å². The van der Waals surface area contributed by atoms with Crippen LogP contribution >= 0.6 is 0 Å². The monoisotopic (exact) mass is 242 g/mol. The molecule has 1 rings (SSSR count). The molecule has 0 aliphatic heterocycles. The molecule has 3 heteroatoms. The lowest BCUT2D eigenvalue weighted by Crippen LogP contribution is -2.56. The van der Waals surface area contributed by atoms with Crippen LogP contribution in [-0.2, 0) is 4.74 Å². The first-order valence-electron chi connectivity index (χ1n) is 7.04. The van der Waals surface area contributed by atoms with E-state index in [-0.39, 0.29) is 5.54 Å². The van der Waals surface area contributed by atoms with E-state index in [4.69, 9.17) is 10.5 Å². The molecule has 0 saturated heterocycles. The van der Waals surface area contributed by atoms with Gasteiger partial charge in [-0.25, -0.2) is 0 Å². The van der Waals surface area contributed by atoms with Crippen molar-refractivity contribution in [2.45, 2.75) is 58.0 Å². The maximum atomic E-state index is 6.04. The van der Waals surface area contributed by atoms with Crippen molar-refractivity contribution in [3.63, 3.8) is 0 Å². The topological polar surface area (TPSA) is 38.5 Å². The van der Waals surface area contributed by atoms with Crippen LogP contribution in [-0.4, -0.2) is 43.3 Å². The Balaban J connectivity index is 2.70. The molecule has 0 aromatic rings. The lowest BCUT2D eigenvalue weighted by molar-refractivity contribution is 0.0258. The van der Waals surface area contributed by atoms with Gasteiger partial charge in [-0.15, -0.1) is 0 Å². The summed E-state index contributed by atoms with van der Waals surface area (Å²) in [6.45, 7) is 9.45. The molecule has 2 N–H and O–H groups in total. The third-order valence-electron chi connectivity index (χ3n) is 4.25. The second kappa shape index (κ2) is 6.72. The van der Waals surface area contributed by atoms with Crippen molar-refractivity contribution in [3.8, 4) is 0 Å². The fourth-order valence-corrected chi connectivity index (χ4v) is 2.89. The Morgan fingerprint density at radius 1 is 1.47 bits per heavy atom. The molecule has 0 spiro atoms. The molecule has 0 aromatic carbocycles. The van der Waals surface area contributed by atoms with Gasteiger partial charge >= 0.3 is 0 Å². The van der Waals surface area contributed by atoms with E-state index < -0.39 is 0 Å². The minimum Gasteiger partial charge on any atom is -0.383 e. The number of rotatable bonds is 9. The summed E-state index contributed by atoms with van der Waals surface area (Å²) in [7, 11) is 1.78. The van der Waals surface area contributed by atoms with E-state index in [9.17, 15) is 0 Å². The van der Waals surface area contributed by atoms with Crippen LogP contribution in [0.4, 0.5) is 0 Å². The van der Waals surface area contributed by atoms with E-state index in [1.165, 1.54) is 25.7 Å². The lowest BCUT2D eigenvalue weighted by Gasteiger charge is -2.44. The smallest absolute Gasteiger partial charge is 0.0590 e. The maximum Gasteiger partial charge on any atom is 0.0590 e. The van der Waals surface area contributed by atoms with Crippen molar-refractivity contribution >= 4 is 0 Å². The summed E-state index contributed by atoms with van der Waals surface area (Å²) in [4.78, 5) is 2.59. The lowest BCUT2D eigenvalue weighted by atomic mass is 9.91. The van der Waals surface area contributed by atoms with Gasteiger partial charge in [0.15, 0.2) is 0 Å². The van der Waals surface area contributed by atoms with Crippen LogP contribution < -0.4 is 5.73 Å². The quantitative estimate of drug-likeness (QED) is 0.674. The fourth-order valence-electron chi connectivity index (χ4n) is 2.89. The van der Waals surface area contributed by atoms with E-state index in [2.05, 4.69) is 25.7 Å². The highest BCUT2D eigenvalue weighted by Gasteiger charge is 2.39. The van der Waals surface area contributed by atoms with Crippen LogP contribution in [0.2, 0.25) is 0 Å². The van der Waals surface area contributed by atoms with Crippen LogP contribution in [0.25, 0.3) is 0 Å². The number of hydrogen-bond donors (Lipinski definition) is 1. The minimum absolute atomic E-state index is 0.134. The zero-order chi connectivity index (χ0) is 12.9. The predicted molar refractivity (Wildman–Crippen MR) is 73.1 cm³/mol. The third kappa shape index (κ3) is 3.94. The van der Waals surface area contributed by atoms with Gasteiger partial charge in [0.1, 0.15) is 0 Å². The number of ether oxygens (including phenoxy) is 1. The number of hydrogen-bond acceptors (Lipinski definition) is 3. The highest BCUT2D eigenvalue weighted by Crippen LogP contribution is 2.38. The van der Waals surface area contributed by atoms with Crippen molar-refractivity contribution < 1.29 is 4.74 Å². The molecule has 1 aliphatic carbocycles. The van der Waals surface area contributed by atoms with Crippen molar-refractivity contribution in [1.29, 1.82) is 0 Å². The SMILES string of the molecule is CCCC(C)(CN)N(CCOC)C(C)C1CC1. The van der Waals surface area contributed by atoms with Gasteiger partial charge in [0, 0.05) is 31.8 Å². The molecule has 102 valence electrons. The standard InChI is InChI=1S/C14H30N2O/c1-5-8-14(3,11-15)16(9-10-17-4)12(2)13-6-7-13/h12-13H,5-11,15H2,1-4H3. The average molecular weight is 242 g/mol. The molecule has 2 atom stereocenters. The molecule has 1 saturated carbocycles. The van der Waals surface area contributed by atoms with Gasteiger partial charge in [0.2, 0.25) is 0 Å². The van der Waals surface area contributed by atoms with Crippen molar-refractivity contribution in [1.82, 2.24) is 4.90 Å². The van der Waals surface area contributed by atoms with E-state index >= 15 is 0 Å². The van der Waals surface area contributed by atoms with Crippen molar-refractivity contribution in [2.24, 2.45) is 11.7 Å². The molecule has 0 heterocycles. The summed E-state index contributed by atoms with van der Waals surface area (Å²) in [5.41, 5.74) is 6.18. The molecule has 1 aliphatic rings. The molecule has 0 aromatic heterocycles. The summed E-state index contributed by atoms with van der Waals surface area (Å²) in [6, 6.07) is 0.644. The number of methoxy groups -OCH3 is 1. The molecule has 2 unspecified atom stereocenters. The van der Waals surface area contributed by atoms with Gasteiger partial charge in [0.25, 0.3) is 0 Å². The Morgan fingerprint density at radius 2 is 2.12 bits per heavy atom. The van der Waals surface area contributed by atoms with Crippen molar-refractivity contribution in [3.05, 3.63) is 0 Å². The maximum absolute atomic E-state index is 6.04. The summed E-state index contributed by atoms with van der Waals surface area (Å²) in [6.07, 6.45) is 5.13. The number of nitrogens with two attached hydrogens (primary N) is 1. The van der Waals surface area contributed by atoms with Gasteiger partial charge < -0.3 is 10.5 Å². The van der Waals surface area contributed by atoms with Crippen LogP contribution in [0.1, 0.15) is 46.5 Å². The van der Waals surface area contributed by atoms with E-state index in [0.29, 0.717) is 6.04 Å². The van der Waals surface area contributed by atoms with Crippen LogP contribution in [0.15, 0.2) is 0 Å². The Bertz CT molecular complexity index is 218. The highest BCUT2D eigenvalue weighted by atomic mass is 16.5. The zero-order valence-corrected chi connectivity index (χ0v) is 12.0. The Morgan fingerprint density at radius 3 is 2.53 bits per heavy atom. The molecular weight excluding hydrogens is 212 g/mol. The number of nitrogens with zero attached hydrogens (tertiary/aromatic N) is 1. The van der Waals surface area contributed by atoms with Gasteiger partial charge in [-0.2, -0.15) is 0 Å². The van der Waals surface area contributed by atoms with Crippen LogP contribution in [0.5, 0.6) is 0 Å². The van der Waals surface area contributed by atoms with E-state index in [1.54, 1.807) is 7.11 Å². The third-order valence-corrected chi connectivity index (χ3v) is 4.25. The Hall–Kier alpha value is -0.120. The Kier molecular flexibility index (Phi) is 5.90. The molecular formula is C14H30N2O. The summed E-state index contributed by atoms with van der Waals surface area (Å²) < 4.78 is 5.26. The molecule has 0 bridgehead atoms. The fraction of sp³-hybridized carbons (Fsp3) is 1.00. The van der Waals surface area contributed by atoms with E-state index in [1.807, 2.05) is 0 Å². The second-order valence-corrected chi connectivity index (χ2v) is 5.72. The van der Waals surface area contributed by atoms with Crippen molar-refractivity contribution in [2.75, 3.05) is 26.8 Å². The Labute approximate surface area is 107 Å². The molecule has 3 nitrogen and oxygen atoms in total. The first kappa shape index (κ1) is 14.9. The molecule has 0 amide bonds. The van der Waals surface area contributed by atoms with Gasteiger partial charge in [-0.3, -0.25) is 4.90 Å².